The highest BCUT2D eigenvalue weighted by molar-refractivity contribution is 6.06. The van der Waals surface area contributed by atoms with Gasteiger partial charge < -0.3 is 9.80 Å². The first-order valence-corrected chi connectivity index (χ1v) is 9.23. The zero-order valence-corrected chi connectivity index (χ0v) is 15.4. The molecule has 0 aliphatic carbocycles. The molecule has 5 heteroatoms. The van der Waals surface area contributed by atoms with Crippen molar-refractivity contribution in [2.75, 3.05) is 25.0 Å². The van der Waals surface area contributed by atoms with Gasteiger partial charge in [0, 0.05) is 37.6 Å². The zero-order chi connectivity index (χ0) is 18.5. The van der Waals surface area contributed by atoms with Crippen LogP contribution in [0, 0.1) is 0 Å². The lowest BCUT2D eigenvalue weighted by molar-refractivity contribution is 0.0793. The molecule has 0 spiro atoms. The van der Waals surface area contributed by atoms with Crippen molar-refractivity contribution in [3.05, 3.63) is 59.4 Å². The number of hydrogen-bond acceptors (Lipinski definition) is 3. The lowest BCUT2D eigenvalue weighted by Crippen LogP contribution is -2.36. The third kappa shape index (κ3) is 3.77. The van der Waals surface area contributed by atoms with E-state index in [2.05, 4.69) is 18.0 Å². The molecule has 1 aromatic carbocycles. The minimum Gasteiger partial charge on any atom is -0.342 e. The van der Waals surface area contributed by atoms with Crippen LogP contribution >= 0.6 is 0 Å². The van der Waals surface area contributed by atoms with E-state index in [9.17, 15) is 9.59 Å². The summed E-state index contributed by atoms with van der Waals surface area (Å²) in [5, 5.41) is 0. The summed E-state index contributed by atoms with van der Waals surface area (Å²) in [4.78, 5) is 33.3. The van der Waals surface area contributed by atoms with Crippen molar-refractivity contribution >= 4 is 17.5 Å². The second-order valence-corrected chi connectivity index (χ2v) is 6.70. The molecule has 0 bridgehead atoms. The maximum atomic E-state index is 13.0. The smallest absolute Gasteiger partial charge is 0.276 e. The van der Waals surface area contributed by atoms with Crippen LogP contribution in [-0.2, 0) is 6.42 Å². The number of carbonyl (C=O) groups excluding carboxylic acids is 2. The van der Waals surface area contributed by atoms with Crippen molar-refractivity contribution in [1.29, 1.82) is 0 Å². The minimum atomic E-state index is -0.150. The first-order valence-electron chi connectivity index (χ1n) is 9.23. The van der Waals surface area contributed by atoms with Crippen LogP contribution in [0.3, 0.4) is 0 Å². The lowest BCUT2D eigenvalue weighted by Gasteiger charge is -2.29. The number of para-hydroxylation sites is 1. The molecule has 0 atom stereocenters. The van der Waals surface area contributed by atoms with Gasteiger partial charge in [-0.05, 0) is 43.0 Å². The Balaban J connectivity index is 1.82. The summed E-state index contributed by atoms with van der Waals surface area (Å²) < 4.78 is 0. The molecule has 1 aliphatic rings. The second kappa shape index (κ2) is 8.13. The Bertz CT molecular complexity index is 803. The predicted molar refractivity (Wildman–Crippen MR) is 103 cm³/mol. The minimum absolute atomic E-state index is 0.0751. The number of unbranched alkanes of at least 4 members (excludes halogenated alkanes) is 1. The van der Waals surface area contributed by atoms with Gasteiger partial charge in [-0.2, -0.15) is 0 Å². The number of nitrogens with zero attached hydrogens (tertiary/aromatic N) is 3. The molecule has 1 aliphatic heterocycles. The van der Waals surface area contributed by atoms with Gasteiger partial charge in [0.05, 0.1) is 0 Å². The largest absolute Gasteiger partial charge is 0.342 e. The monoisotopic (exact) mass is 351 g/mol. The Kier molecular flexibility index (Phi) is 5.66. The second-order valence-electron chi connectivity index (χ2n) is 6.70. The van der Waals surface area contributed by atoms with Crippen molar-refractivity contribution in [3.8, 4) is 0 Å². The Labute approximate surface area is 154 Å². The average Bonchev–Trinajstić information content (AvgIpc) is 2.70. The topological polar surface area (TPSA) is 53.5 Å². The highest BCUT2D eigenvalue weighted by atomic mass is 16.2. The van der Waals surface area contributed by atoms with E-state index >= 15 is 0 Å². The van der Waals surface area contributed by atoms with Crippen LogP contribution in [0.15, 0.2) is 42.6 Å². The van der Waals surface area contributed by atoms with E-state index < -0.39 is 0 Å². The number of amides is 2. The van der Waals surface area contributed by atoms with E-state index in [-0.39, 0.29) is 11.8 Å². The normalized spacial score (nSPS) is 13.2. The molecule has 1 aromatic heterocycles. The van der Waals surface area contributed by atoms with E-state index in [1.54, 1.807) is 35.2 Å². The molecule has 0 fully saturated rings. The average molecular weight is 351 g/mol. The summed E-state index contributed by atoms with van der Waals surface area (Å²) in [6.45, 7) is 3.48. The summed E-state index contributed by atoms with van der Waals surface area (Å²) in [6.07, 6.45) is 5.45. The summed E-state index contributed by atoms with van der Waals surface area (Å²) in [5.41, 5.74) is 2.95. The molecule has 2 heterocycles. The Morgan fingerprint density at radius 3 is 2.85 bits per heavy atom. The molecular formula is C21H25N3O2. The van der Waals surface area contributed by atoms with Gasteiger partial charge in [0.1, 0.15) is 5.69 Å². The van der Waals surface area contributed by atoms with Crippen LogP contribution in [0.2, 0.25) is 0 Å². The van der Waals surface area contributed by atoms with Gasteiger partial charge in [-0.3, -0.25) is 14.6 Å². The first kappa shape index (κ1) is 18.1. The molecule has 136 valence electrons. The maximum Gasteiger partial charge on any atom is 0.276 e. The number of carbonyl (C=O) groups is 2. The van der Waals surface area contributed by atoms with Crippen molar-refractivity contribution in [2.45, 2.75) is 32.6 Å². The Hall–Kier alpha value is -2.69. The highest BCUT2D eigenvalue weighted by Gasteiger charge is 2.25. The number of fused-ring (bicyclic) bond motifs is 1. The molecule has 0 saturated carbocycles. The molecule has 2 aromatic rings. The van der Waals surface area contributed by atoms with E-state index in [1.807, 2.05) is 18.2 Å². The number of aryl methyl sites for hydroxylation is 1. The fourth-order valence-electron chi connectivity index (χ4n) is 3.28. The number of hydrogen-bond donors (Lipinski definition) is 0. The summed E-state index contributed by atoms with van der Waals surface area (Å²) in [6, 6.07) is 11.3. The van der Waals surface area contributed by atoms with Crippen LogP contribution < -0.4 is 4.90 Å². The predicted octanol–water partition coefficient (Wildman–Crippen LogP) is 3.55. The van der Waals surface area contributed by atoms with Crippen molar-refractivity contribution in [3.63, 3.8) is 0 Å². The number of benzene rings is 1. The van der Waals surface area contributed by atoms with Crippen LogP contribution in [0.25, 0.3) is 0 Å². The summed E-state index contributed by atoms with van der Waals surface area (Å²) in [5.74, 6) is -0.225. The lowest BCUT2D eigenvalue weighted by atomic mass is 10.0. The molecule has 26 heavy (non-hydrogen) atoms. The quantitative estimate of drug-likeness (QED) is 0.828. The number of pyridine rings is 1. The van der Waals surface area contributed by atoms with Crippen molar-refractivity contribution in [2.24, 2.45) is 0 Å². The maximum absolute atomic E-state index is 13.0. The van der Waals surface area contributed by atoms with Crippen molar-refractivity contribution in [1.82, 2.24) is 9.88 Å². The summed E-state index contributed by atoms with van der Waals surface area (Å²) in [7, 11) is 1.79. The van der Waals surface area contributed by atoms with E-state index in [0.717, 1.165) is 31.4 Å². The zero-order valence-electron chi connectivity index (χ0n) is 15.4. The molecule has 2 amide bonds. The van der Waals surface area contributed by atoms with E-state index in [4.69, 9.17) is 0 Å². The SMILES string of the molecule is CCCCN(C)C(=O)c1ccnc(C(=O)N2CCCc3ccccc32)c1. The molecule has 0 radical (unpaired) electrons. The van der Waals surface area contributed by atoms with Crippen LogP contribution in [0.5, 0.6) is 0 Å². The Morgan fingerprint density at radius 2 is 2.04 bits per heavy atom. The van der Waals surface area contributed by atoms with Gasteiger partial charge in [-0.25, -0.2) is 0 Å². The van der Waals surface area contributed by atoms with Crippen molar-refractivity contribution < 1.29 is 9.59 Å². The van der Waals surface area contributed by atoms with Gasteiger partial charge in [0.25, 0.3) is 11.8 Å². The molecule has 5 nitrogen and oxygen atoms in total. The van der Waals surface area contributed by atoms with Crippen LogP contribution in [0.4, 0.5) is 5.69 Å². The van der Waals surface area contributed by atoms with E-state index in [0.29, 0.717) is 24.3 Å². The van der Waals surface area contributed by atoms with Gasteiger partial charge >= 0.3 is 0 Å². The molecule has 0 saturated heterocycles. The van der Waals surface area contributed by atoms with Crippen LogP contribution in [-0.4, -0.2) is 41.8 Å². The number of rotatable bonds is 5. The number of aromatic nitrogens is 1. The van der Waals surface area contributed by atoms with Gasteiger partial charge in [-0.1, -0.05) is 31.5 Å². The molecule has 3 rings (SSSR count). The highest BCUT2D eigenvalue weighted by Crippen LogP contribution is 2.27. The third-order valence-electron chi connectivity index (χ3n) is 4.78. The number of anilines is 1. The third-order valence-corrected chi connectivity index (χ3v) is 4.78. The van der Waals surface area contributed by atoms with Gasteiger partial charge in [0.2, 0.25) is 0 Å². The molecule has 0 unspecified atom stereocenters. The van der Waals surface area contributed by atoms with Gasteiger partial charge in [-0.15, -0.1) is 0 Å². The summed E-state index contributed by atoms with van der Waals surface area (Å²) >= 11 is 0. The Morgan fingerprint density at radius 1 is 1.23 bits per heavy atom. The standard InChI is InChI=1S/C21H25N3O2/c1-3-4-13-23(2)20(25)17-11-12-22-18(15-17)21(26)24-14-7-9-16-8-5-6-10-19(16)24/h5-6,8,10-12,15H,3-4,7,9,13-14H2,1-2H3. The van der Waals surface area contributed by atoms with Crippen LogP contribution in [0.1, 0.15) is 52.6 Å². The fraction of sp³-hybridized carbons (Fsp3) is 0.381. The molecular weight excluding hydrogens is 326 g/mol. The fourth-order valence-corrected chi connectivity index (χ4v) is 3.28. The van der Waals surface area contributed by atoms with Gasteiger partial charge in [0.15, 0.2) is 0 Å². The van der Waals surface area contributed by atoms with E-state index in [1.165, 1.54) is 5.56 Å². The first-order chi connectivity index (χ1) is 12.6. The molecule has 0 N–H and O–H groups in total.